The van der Waals surface area contributed by atoms with Crippen LogP contribution in [0.3, 0.4) is 0 Å². The van der Waals surface area contributed by atoms with Crippen molar-refractivity contribution in [1.29, 1.82) is 0 Å². The van der Waals surface area contributed by atoms with Crippen LogP contribution in [0.15, 0.2) is 17.3 Å². The number of pyridine rings is 1. The number of aromatic nitrogens is 1. The number of aryl methyl sites for hydroxylation is 2. The van der Waals surface area contributed by atoms with Gasteiger partial charge in [-0.3, -0.25) is 4.98 Å². The topological polar surface area (TPSA) is 45.5 Å². The molecule has 1 aromatic heterocycles. The van der Waals surface area contributed by atoms with E-state index in [2.05, 4.69) is 10.1 Å². The summed E-state index contributed by atoms with van der Waals surface area (Å²) in [7, 11) is 0. The molecular weight excluding hydrogens is 140 g/mol. The van der Waals surface area contributed by atoms with Gasteiger partial charge in [0.15, 0.2) is 0 Å². The maximum atomic E-state index is 8.25. The first-order valence-corrected chi connectivity index (χ1v) is 3.35. The van der Waals surface area contributed by atoms with Gasteiger partial charge < -0.3 is 5.21 Å². The monoisotopic (exact) mass is 150 g/mol. The molecular formula is C8H10N2O. The fourth-order valence-corrected chi connectivity index (χ4v) is 1.01. The zero-order valence-corrected chi connectivity index (χ0v) is 6.57. The van der Waals surface area contributed by atoms with Gasteiger partial charge in [0, 0.05) is 11.4 Å². The molecule has 0 saturated heterocycles. The lowest BCUT2D eigenvalue weighted by atomic mass is 10.2. The summed E-state index contributed by atoms with van der Waals surface area (Å²) in [5, 5.41) is 11.2. The van der Waals surface area contributed by atoms with Crippen molar-refractivity contribution in [2.75, 3.05) is 0 Å². The summed E-state index contributed by atoms with van der Waals surface area (Å²) in [4.78, 5) is 4.17. The van der Waals surface area contributed by atoms with Gasteiger partial charge in [-0.25, -0.2) is 0 Å². The first-order chi connectivity index (χ1) is 5.22. The molecule has 1 N–H and O–H groups in total. The lowest BCUT2D eigenvalue weighted by Gasteiger charge is -1.96. The number of hydrogen-bond acceptors (Lipinski definition) is 3. The molecule has 0 radical (unpaired) electrons. The van der Waals surface area contributed by atoms with Gasteiger partial charge in [-0.15, -0.1) is 0 Å². The van der Waals surface area contributed by atoms with Crippen molar-refractivity contribution < 1.29 is 5.21 Å². The minimum Gasteiger partial charge on any atom is -0.411 e. The van der Waals surface area contributed by atoms with Gasteiger partial charge in [0.1, 0.15) is 0 Å². The molecule has 0 aliphatic carbocycles. The normalized spacial score (nSPS) is 10.7. The van der Waals surface area contributed by atoms with Crippen molar-refractivity contribution in [3.05, 3.63) is 29.1 Å². The van der Waals surface area contributed by atoms with Crippen LogP contribution in [0.5, 0.6) is 0 Å². The van der Waals surface area contributed by atoms with E-state index in [1.54, 1.807) is 0 Å². The van der Waals surface area contributed by atoms with Crippen molar-refractivity contribution in [3.8, 4) is 0 Å². The van der Waals surface area contributed by atoms with Gasteiger partial charge in [-0.2, -0.15) is 0 Å². The molecule has 0 unspecified atom stereocenters. The number of nitrogens with zero attached hydrogens (tertiary/aromatic N) is 2. The third kappa shape index (κ3) is 2.04. The molecule has 1 heterocycles. The maximum absolute atomic E-state index is 8.25. The van der Waals surface area contributed by atoms with E-state index >= 15 is 0 Å². The van der Waals surface area contributed by atoms with Crippen LogP contribution in [0.1, 0.15) is 17.0 Å². The summed E-state index contributed by atoms with van der Waals surface area (Å²) in [6.07, 6.45) is 1.39. The van der Waals surface area contributed by atoms with E-state index in [1.807, 2.05) is 26.0 Å². The smallest absolute Gasteiger partial charge is 0.0735 e. The van der Waals surface area contributed by atoms with Crippen molar-refractivity contribution in [1.82, 2.24) is 4.98 Å². The largest absolute Gasteiger partial charge is 0.411 e. The van der Waals surface area contributed by atoms with Gasteiger partial charge in [-0.1, -0.05) is 5.16 Å². The highest BCUT2D eigenvalue weighted by Crippen LogP contribution is 2.01. The Kier molecular flexibility index (Phi) is 2.21. The fourth-order valence-electron chi connectivity index (χ4n) is 1.01. The molecule has 0 spiro atoms. The van der Waals surface area contributed by atoms with E-state index in [4.69, 9.17) is 5.21 Å². The Bertz CT molecular complexity index is 261. The number of rotatable bonds is 1. The summed E-state index contributed by atoms with van der Waals surface area (Å²) in [6, 6.07) is 3.71. The molecule has 0 atom stereocenters. The maximum Gasteiger partial charge on any atom is 0.0735 e. The highest BCUT2D eigenvalue weighted by atomic mass is 16.4. The zero-order chi connectivity index (χ0) is 8.27. The molecule has 0 saturated carbocycles. The summed E-state index contributed by atoms with van der Waals surface area (Å²) in [6.45, 7) is 3.81. The third-order valence-corrected chi connectivity index (χ3v) is 1.31. The average Bonchev–Trinajstić information content (AvgIpc) is 1.85. The summed E-state index contributed by atoms with van der Waals surface area (Å²) >= 11 is 0. The summed E-state index contributed by atoms with van der Waals surface area (Å²) < 4.78 is 0. The van der Waals surface area contributed by atoms with Crippen molar-refractivity contribution in [2.45, 2.75) is 13.8 Å². The average molecular weight is 150 g/mol. The van der Waals surface area contributed by atoms with E-state index in [0.717, 1.165) is 17.0 Å². The second-order valence-electron chi connectivity index (χ2n) is 2.43. The Morgan fingerprint density at radius 1 is 1.36 bits per heavy atom. The van der Waals surface area contributed by atoms with Gasteiger partial charge >= 0.3 is 0 Å². The predicted octanol–water partition coefficient (Wildman–Crippen LogP) is 1.51. The lowest BCUT2D eigenvalue weighted by molar-refractivity contribution is 0.322. The van der Waals surface area contributed by atoms with Crippen LogP contribution >= 0.6 is 0 Å². The highest BCUT2D eigenvalue weighted by molar-refractivity contribution is 5.79. The Morgan fingerprint density at radius 3 is 2.36 bits per heavy atom. The van der Waals surface area contributed by atoms with Crippen LogP contribution in [0.4, 0.5) is 0 Å². The molecule has 3 heteroatoms. The molecule has 0 aliphatic heterocycles. The Hall–Kier alpha value is -1.38. The molecule has 3 nitrogen and oxygen atoms in total. The second-order valence-corrected chi connectivity index (χ2v) is 2.43. The van der Waals surface area contributed by atoms with Crippen molar-refractivity contribution in [3.63, 3.8) is 0 Å². The second kappa shape index (κ2) is 3.14. The van der Waals surface area contributed by atoms with Crippen LogP contribution < -0.4 is 0 Å². The fraction of sp³-hybridized carbons (Fsp3) is 0.250. The summed E-state index contributed by atoms with van der Waals surface area (Å²) in [5.41, 5.74) is 2.73. The van der Waals surface area contributed by atoms with Crippen molar-refractivity contribution >= 4 is 6.21 Å². The quantitative estimate of drug-likeness (QED) is 0.374. The Morgan fingerprint density at radius 2 is 1.91 bits per heavy atom. The predicted molar refractivity (Wildman–Crippen MR) is 43.1 cm³/mol. The lowest BCUT2D eigenvalue weighted by Crippen LogP contribution is -1.89. The molecule has 58 valence electrons. The summed E-state index contributed by atoms with van der Waals surface area (Å²) in [5.74, 6) is 0. The molecule has 0 aromatic carbocycles. The minimum atomic E-state index is 0.873. The van der Waals surface area contributed by atoms with Gasteiger partial charge in [0.2, 0.25) is 0 Å². The first kappa shape index (κ1) is 7.72. The number of hydrogen-bond donors (Lipinski definition) is 1. The molecule has 1 rings (SSSR count). The molecule has 0 amide bonds. The van der Waals surface area contributed by atoms with E-state index in [0.29, 0.717) is 0 Å². The Balaban J connectivity index is 3.08. The van der Waals surface area contributed by atoms with Gasteiger partial charge in [0.05, 0.1) is 6.21 Å². The van der Waals surface area contributed by atoms with E-state index in [1.165, 1.54) is 6.21 Å². The highest BCUT2D eigenvalue weighted by Gasteiger charge is 1.92. The third-order valence-electron chi connectivity index (χ3n) is 1.31. The molecule has 0 bridgehead atoms. The van der Waals surface area contributed by atoms with Gasteiger partial charge in [0.25, 0.3) is 0 Å². The first-order valence-electron chi connectivity index (χ1n) is 3.35. The standard InChI is InChI=1S/C8H10N2O/c1-6-3-8(5-9-11)4-7(2)10-6/h3-5,11H,1-2H3. The molecule has 0 aliphatic rings. The van der Waals surface area contributed by atoms with Crippen LogP contribution in [0.25, 0.3) is 0 Å². The SMILES string of the molecule is Cc1cc(C=NO)cc(C)n1. The number of oxime groups is 1. The van der Waals surface area contributed by atoms with E-state index in [-0.39, 0.29) is 0 Å². The molecule has 1 aromatic rings. The van der Waals surface area contributed by atoms with Crippen molar-refractivity contribution in [2.24, 2.45) is 5.16 Å². The van der Waals surface area contributed by atoms with Crippen LogP contribution in [-0.4, -0.2) is 16.4 Å². The molecule has 0 fully saturated rings. The minimum absolute atomic E-state index is 0.873. The van der Waals surface area contributed by atoms with Crippen LogP contribution in [0.2, 0.25) is 0 Å². The Labute approximate surface area is 65.4 Å². The van der Waals surface area contributed by atoms with Crippen LogP contribution in [0, 0.1) is 13.8 Å². The molecule has 11 heavy (non-hydrogen) atoms. The van der Waals surface area contributed by atoms with E-state index < -0.39 is 0 Å². The van der Waals surface area contributed by atoms with Crippen LogP contribution in [-0.2, 0) is 0 Å². The van der Waals surface area contributed by atoms with Gasteiger partial charge in [-0.05, 0) is 31.5 Å². The van der Waals surface area contributed by atoms with E-state index in [9.17, 15) is 0 Å². The zero-order valence-electron chi connectivity index (χ0n) is 6.57.